The molecule has 1 aliphatic carbocycles. The molecule has 18 heavy (non-hydrogen) atoms. The highest BCUT2D eigenvalue weighted by Gasteiger charge is 2.21. The molecule has 100 valence electrons. The van der Waals surface area contributed by atoms with Crippen molar-refractivity contribution < 1.29 is 4.74 Å². The van der Waals surface area contributed by atoms with Crippen molar-refractivity contribution in [2.45, 2.75) is 64.5 Å². The third-order valence-corrected chi connectivity index (χ3v) is 3.43. The summed E-state index contributed by atoms with van der Waals surface area (Å²) in [5, 5.41) is 8.24. The fourth-order valence-corrected chi connectivity index (χ4v) is 2.41. The normalized spacial score (nSPS) is 23.9. The highest BCUT2D eigenvalue weighted by molar-refractivity contribution is 5.12. The fourth-order valence-electron chi connectivity index (χ4n) is 2.41. The van der Waals surface area contributed by atoms with Gasteiger partial charge < -0.3 is 10.5 Å². The Hall–Kier alpha value is -1.23. The predicted molar refractivity (Wildman–Crippen MR) is 69.4 cm³/mol. The van der Waals surface area contributed by atoms with Crippen LogP contribution < -0.4 is 10.5 Å². The largest absolute Gasteiger partial charge is 0.459 e. The summed E-state index contributed by atoms with van der Waals surface area (Å²) >= 11 is 0. The summed E-state index contributed by atoms with van der Waals surface area (Å²) < 4.78 is 5.80. The van der Waals surface area contributed by atoms with Gasteiger partial charge in [-0.05, 0) is 38.5 Å². The summed E-state index contributed by atoms with van der Waals surface area (Å²) in [6.45, 7) is 4.13. The van der Waals surface area contributed by atoms with E-state index in [1.54, 1.807) is 0 Å². The van der Waals surface area contributed by atoms with Crippen molar-refractivity contribution in [2.75, 3.05) is 0 Å². The minimum atomic E-state index is 0.146. The lowest BCUT2D eigenvalue weighted by Crippen LogP contribution is -2.34. The van der Waals surface area contributed by atoms with Crippen LogP contribution in [-0.2, 0) is 12.8 Å². The van der Waals surface area contributed by atoms with Crippen molar-refractivity contribution in [3.63, 3.8) is 0 Å². The molecule has 0 aliphatic heterocycles. The minimum Gasteiger partial charge on any atom is -0.459 e. The lowest BCUT2D eigenvalue weighted by molar-refractivity contribution is 0.130. The molecule has 1 saturated carbocycles. The third-order valence-electron chi connectivity index (χ3n) is 3.43. The number of aromatic nitrogens is 3. The lowest BCUT2D eigenvalue weighted by atomic mass is 9.94. The Bertz CT molecular complexity index is 397. The number of hydrogen-bond donors (Lipinski definition) is 1. The van der Waals surface area contributed by atoms with E-state index in [9.17, 15) is 0 Å². The van der Waals surface area contributed by atoms with E-state index in [2.05, 4.69) is 29.0 Å². The molecule has 0 radical (unpaired) electrons. The zero-order chi connectivity index (χ0) is 13.0. The first kappa shape index (κ1) is 13.2. The van der Waals surface area contributed by atoms with E-state index in [0.717, 1.165) is 49.9 Å². The highest BCUT2D eigenvalue weighted by atomic mass is 16.5. The second-order valence-corrected chi connectivity index (χ2v) is 4.86. The summed E-state index contributed by atoms with van der Waals surface area (Å²) in [7, 11) is 0. The quantitative estimate of drug-likeness (QED) is 0.879. The van der Waals surface area contributed by atoms with Crippen molar-refractivity contribution >= 4 is 0 Å². The van der Waals surface area contributed by atoms with Crippen molar-refractivity contribution in [2.24, 2.45) is 5.73 Å². The molecule has 5 heteroatoms. The molecule has 2 unspecified atom stereocenters. The van der Waals surface area contributed by atoms with E-state index in [0.29, 0.717) is 6.01 Å². The monoisotopic (exact) mass is 250 g/mol. The Morgan fingerprint density at radius 1 is 1.17 bits per heavy atom. The van der Waals surface area contributed by atoms with Gasteiger partial charge in [0.25, 0.3) is 0 Å². The maximum absolute atomic E-state index is 5.94. The van der Waals surface area contributed by atoms with Gasteiger partial charge in [-0.2, -0.15) is 4.98 Å². The Morgan fingerprint density at radius 2 is 1.94 bits per heavy atom. The average molecular weight is 250 g/mol. The van der Waals surface area contributed by atoms with Crippen LogP contribution in [0.25, 0.3) is 0 Å². The van der Waals surface area contributed by atoms with Crippen LogP contribution in [-0.4, -0.2) is 27.3 Å². The summed E-state index contributed by atoms with van der Waals surface area (Å²) in [4.78, 5) is 4.44. The van der Waals surface area contributed by atoms with E-state index < -0.39 is 0 Å². The molecule has 5 nitrogen and oxygen atoms in total. The van der Waals surface area contributed by atoms with Crippen molar-refractivity contribution in [3.8, 4) is 6.01 Å². The summed E-state index contributed by atoms with van der Waals surface area (Å²) in [5.74, 6) is 0. The maximum atomic E-state index is 5.94. The Morgan fingerprint density at radius 3 is 2.61 bits per heavy atom. The van der Waals surface area contributed by atoms with Crippen LogP contribution in [0.1, 0.15) is 50.9 Å². The van der Waals surface area contributed by atoms with Crippen LogP contribution in [0, 0.1) is 0 Å². The van der Waals surface area contributed by atoms with Crippen LogP contribution in [0.4, 0.5) is 0 Å². The molecule has 0 spiro atoms. The summed E-state index contributed by atoms with van der Waals surface area (Å²) in [6, 6.07) is 0.653. The van der Waals surface area contributed by atoms with Gasteiger partial charge in [0, 0.05) is 6.04 Å². The van der Waals surface area contributed by atoms with Gasteiger partial charge in [0.15, 0.2) is 0 Å². The molecule has 1 fully saturated rings. The number of ether oxygens (including phenoxy) is 1. The molecule has 1 aliphatic rings. The molecule has 0 bridgehead atoms. The highest BCUT2D eigenvalue weighted by Crippen LogP contribution is 2.21. The van der Waals surface area contributed by atoms with Crippen LogP contribution in [0.2, 0.25) is 0 Å². The predicted octanol–water partition coefficient (Wildman–Crippen LogP) is 1.65. The van der Waals surface area contributed by atoms with Gasteiger partial charge in [0.1, 0.15) is 6.10 Å². The van der Waals surface area contributed by atoms with E-state index >= 15 is 0 Å². The number of nitrogens with two attached hydrogens (primary N) is 1. The second kappa shape index (κ2) is 6.09. The zero-order valence-corrected chi connectivity index (χ0v) is 11.2. The average Bonchev–Trinajstić information content (AvgIpc) is 2.38. The van der Waals surface area contributed by atoms with Crippen molar-refractivity contribution in [1.29, 1.82) is 0 Å². The second-order valence-electron chi connectivity index (χ2n) is 4.86. The van der Waals surface area contributed by atoms with Gasteiger partial charge in [0.05, 0.1) is 11.4 Å². The Balaban J connectivity index is 2.04. The van der Waals surface area contributed by atoms with Gasteiger partial charge in [-0.1, -0.05) is 18.9 Å². The summed E-state index contributed by atoms with van der Waals surface area (Å²) in [5.41, 5.74) is 7.90. The van der Waals surface area contributed by atoms with Gasteiger partial charge in [-0.25, -0.2) is 0 Å². The Kier molecular flexibility index (Phi) is 4.47. The number of aryl methyl sites for hydroxylation is 2. The first-order valence-electron chi connectivity index (χ1n) is 6.87. The van der Waals surface area contributed by atoms with Gasteiger partial charge >= 0.3 is 6.01 Å². The molecule has 0 amide bonds. The van der Waals surface area contributed by atoms with Crippen molar-refractivity contribution in [3.05, 3.63) is 11.4 Å². The van der Waals surface area contributed by atoms with E-state index in [4.69, 9.17) is 10.5 Å². The fraction of sp³-hybridized carbons (Fsp3) is 0.769. The van der Waals surface area contributed by atoms with E-state index in [1.165, 1.54) is 0 Å². The number of hydrogen-bond acceptors (Lipinski definition) is 5. The van der Waals surface area contributed by atoms with Gasteiger partial charge in [-0.3, -0.25) is 0 Å². The topological polar surface area (TPSA) is 73.9 Å². The van der Waals surface area contributed by atoms with E-state index in [-0.39, 0.29) is 12.1 Å². The molecular weight excluding hydrogens is 228 g/mol. The minimum absolute atomic E-state index is 0.146. The molecule has 0 saturated heterocycles. The van der Waals surface area contributed by atoms with Crippen LogP contribution >= 0.6 is 0 Å². The van der Waals surface area contributed by atoms with Crippen LogP contribution in [0.15, 0.2) is 0 Å². The smallest absolute Gasteiger partial charge is 0.336 e. The van der Waals surface area contributed by atoms with Crippen LogP contribution in [0.3, 0.4) is 0 Å². The molecule has 2 N–H and O–H groups in total. The SMILES string of the molecule is CCc1nnc(OC2CCCC(N)C2)nc1CC. The van der Waals surface area contributed by atoms with Crippen molar-refractivity contribution in [1.82, 2.24) is 15.2 Å². The molecule has 1 aromatic rings. The van der Waals surface area contributed by atoms with Crippen LogP contribution in [0.5, 0.6) is 6.01 Å². The first-order chi connectivity index (χ1) is 8.72. The molecule has 2 atom stereocenters. The Labute approximate surface area is 108 Å². The molecule has 1 aromatic heterocycles. The molecular formula is C13H22N4O. The standard InChI is InChI=1S/C13H22N4O/c1-3-11-12(4-2)16-17-13(15-11)18-10-7-5-6-9(14)8-10/h9-10H,3-8,14H2,1-2H3. The molecule has 0 aromatic carbocycles. The zero-order valence-electron chi connectivity index (χ0n) is 11.2. The number of nitrogens with zero attached hydrogens (tertiary/aromatic N) is 3. The van der Waals surface area contributed by atoms with E-state index in [1.807, 2.05) is 0 Å². The van der Waals surface area contributed by atoms with Gasteiger partial charge in [0.2, 0.25) is 0 Å². The summed E-state index contributed by atoms with van der Waals surface area (Å²) in [6.07, 6.45) is 6.00. The van der Waals surface area contributed by atoms with Gasteiger partial charge in [-0.15, -0.1) is 5.10 Å². The molecule has 2 rings (SSSR count). The molecule has 1 heterocycles. The third kappa shape index (κ3) is 3.16. The maximum Gasteiger partial charge on any atom is 0.336 e. The lowest BCUT2D eigenvalue weighted by Gasteiger charge is -2.26. The number of rotatable bonds is 4. The first-order valence-corrected chi connectivity index (χ1v) is 6.87.